The monoisotopic (exact) mass is 718 g/mol. The molecule has 0 fully saturated rings. The number of hydrogen-bond donors (Lipinski definition) is 0. The van der Waals surface area contributed by atoms with Gasteiger partial charge in [-0.25, -0.2) is 0 Å². The van der Waals surface area contributed by atoms with Crippen molar-refractivity contribution in [3.63, 3.8) is 0 Å². The third-order valence-corrected chi connectivity index (χ3v) is 0. The summed E-state index contributed by atoms with van der Waals surface area (Å²) in [6.45, 7) is 0. The summed E-state index contributed by atoms with van der Waals surface area (Å²) in [5, 5.41) is 0. The Balaban J connectivity index is 0. The van der Waals surface area contributed by atoms with Crippen molar-refractivity contribution < 1.29 is 118 Å². The maximum atomic E-state index is 0. The summed E-state index contributed by atoms with van der Waals surface area (Å²) in [6, 6.07) is 0. The molecule has 0 N–H and O–H groups in total. The van der Waals surface area contributed by atoms with Crippen LogP contribution in [-0.2, 0) is 94.5 Å². The first-order valence-electron chi connectivity index (χ1n) is 0. The van der Waals surface area contributed by atoms with Gasteiger partial charge in [-0.3, -0.25) is 0 Å². The van der Waals surface area contributed by atoms with Gasteiger partial charge in [-0.2, -0.15) is 0 Å². The quantitative estimate of drug-likeness (QED) is 0.220. The van der Waals surface area contributed by atoms with Gasteiger partial charge in [-0.05, 0) is 0 Å². The second-order valence-electron chi connectivity index (χ2n) is 0. The van der Waals surface area contributed by atoms with Crippen molar-refractivity contribution >= 4 is 0 Å². The molecular formula is F5O5Ta3. The van der Waals surface area contributed by atoms with Crippen LogP contribution in [0.5, 0.6) is 0 Å². The predicted octanol–water partition coefficient (Wildman–Crippen LogP) is -15.6. The molecule has 0 aromatic rings. The molecule has 0 aromatic heterocycles. The first-order valence-corrected chi connectivity index (χ1v) is 0. The van der Waals surface area contributed by atoms with Crippen molar-refractivity contribution in [2.24, 2.45) is 0 Å². The summed E-state index contributed by atoms with van der Waals surface area (Å²) in [5.41, 5.74) is 0. The standard InChI is InChI=1S/5FH.5O.3Ta/h5*1H;;;;;;;;/q;;;;;5*-2;3*+5/p-5. The Bertz CT molecular complexity index is 20.1. The minimum atomic E-state index is 0. The zero-order chi connectivity index (χ0) is 0. The molecule has 0 spiro atoms. The molecule has 0 aliphatic carbocycles. The Morgan fingerprint density at radius 3 is 0.231 bits per heavy atom. The van der Waals surface area contributed by atoms with Gasteiger partial charge in [-0.15, -0.1) is 0 Å². The molecule has 0 heterocycles. The second kappa shape index (κ2) is 786. The topological polar surface area (TPSA) is 142 Å². The van der Waals surface area contributed by atoms with Crippen LogP contribution in [-0.4, -0.2) is 0 Å². The molecule has 5 nitrogen and oxygen atoms in total. The van der Waals surface area contributed by atoms with Gasteiger partial charge >= 0.3 is 67.1 Å². The fraction of sp³-hybridized carbons (Fsp3) is 0. The predicted molar refractivity (Wildman–Crippen MR) is 3.43 cm³/mol. The second-order valence-corrected chi connectivity index (χ2v) is 0. The van der Waals surface area contributed by atoms with Gasteiger partial charge < -0.3 is 50.9 Å². The molecule has 0 amide bonds. The van der Waals surface area contributed by atoms with Crippen LogP contribution in [0.3, 0.4) is 0 Å². The van der Waals surface area contributed by atoms with Crippen molar-refractivity contribution in [3.8, 4) is 0 Å². The van der Waals surface area contributed by atoms with Gasteiger partial charge in [0.05, 0.1) is 0 Å². The summed E-state index contributed by atoms with van der Waals surface area (Å²) in [4.78, 5) is 0. The molecule has 0 bridgehead atoms. The van der Waals surface area contributed by atoms with E-state index in [4.69, 9.17) is 0 Å². The van der Waals surface area contributed by atoms with Crippen LogP contribution in [0.15, 0.2) is 0 Å². The molecule has 0 radical (unpaired) electrons. The Hall–Kier alpha value is 1.67. The van der Waals surface area contributed by atoms with Crippen molar-refractivity contribution in [1.29, 1.82) is 0 Å². The number of hydrogen-bond acceptors (Lipinski definition) is 0. The van der Waals surface area contributed by atoms with E-state index in [-0.39, 0.29) is 118 Å². The molecule has 0 rings (SSSR count). The van der Waals surface area contributed by atoms with E-state index in [1.54, 1.807) is 0 Å². The average molecular weight is 718 g/mol. The molecule has 80 valence electrons. The molecule has 0 saturated carbocycles. The molecule has 0 atom stereocenters. The minimum Gasteiger partial charge on any atom is -2.00 e. The fourth-order valence-electron chi connectivity index (χ4n) is 0. The zero-order valence-electron chi connectivity index (χ0n) is 5.27. The summed E-state index contributed by atoms with van der Waals surface area (Å²) in [6.07, 6.45) is 0. The minimum absolute atomic E-state index is 0. The van der Waals surface area contributed by atoms with Crippen LogP contribution >= 0.6 is 0 Å². The number of rotatable bonds is 0. The third-order valence-electron chi connectivity index (χ3n) is 0. The summed E-state index contributed by atoms with van der Waals surface area (Å²) in [7, 11) is 0. The van der Waals surface area contributed by atoms with E-state index >= 15 is 0 Å². The zero-order valence-corrected chi connectivity index (χ0v) is 14.9. The van der Waals surface area contributed by atoms with Crippen LogP contribution in [0.25, 0.3) is 0 Å². The smallest absolute Gasteiger partial charge is 2.00 e. The Morgan fingerprint density at radius 1 is 0.231 bits per heavy atom. The van der Waals surface area contributed by atoms with Crippen LogP contribution in [0.2, 0.25) is 0 Å². The van der Waals surface area contributed by atoms with Crippen LogP contribution in [0.1, 0.15) is 0 Å². The van der Waals surface area contributed by atoms with E-state index in [9.17, 15) is 0 Å². The summed E-state index contributed by atoms with van der Waals surface area (Å²) >= 11 is 0. The van der Waals surface area contributed by atoms with E-state index in [0.29, 0.717) is 0 Å². The van der Waals surface area contributed by atoms with Gasteiger partial charge in [0.25, 0.3) is 0 Å². The van der Waals surface area contributed by atoms with Crippen molar-refractivity contribution in [1.82, 2.24) is 0 Å². The average Bonchev–Trinajstić information content (AvgIpc) is 0. The van der Waals surface area contributed by atoms with E-state index < -0.39 is 0 Å². The summed E-state index contributed by atoms with van der Waals surface area (Å²) in [5.74, 6) is 0. The maximum absolute atomic E-state index is 0. The van der Waals surface area contributed by atoms with E-state index in [2.05, 4.69) is 0 Å². The number of halogens is 5. The van der Waals surface area contributed by atoms with Gasteiger partial charge in [0.2, 0.25) is 0 Å². The molecule has 13 heavy (non-hydrogen) atoms. The molecule has 0 aliphatic rings. The first-order chi connectivity index (χ1) is 0. The van der Waals surface area contributed by atoms with Gasteiger partial charge in [0, 0.05) is 0 Å². The molecule has 0 aliphatic heterocycles. The Morgan fingerprint density at radius 2 is 0.231 bits per heavy atom. The third kappa shape index (κ3) is 667. The Kier molecular flexibility index (Phi) is 59400. The molecule has 0 aromatic carbocycles. The van der Waals surface area contributed by atoms with Gasteiger partial charge in [-0.1, -0.05) is 0 Å². The van der Waals surface area contributed by atoms with E-state index in [1.807, 2.05) is 0 Å². The van der Waals surface area contributed by atoms with Gasteiger partial charge in [0.15, 0.2) is 0 Å². The Labute approximate surface area is 117 Å². The SMILES string of the molecule is [F-].[F-].[F-].[F-].[F-].[O-2].[O-2].[O-2].[O-2].[O-2].[Ta+5].[Ta+5].[Ta+5]. The molecule has 0 unspecified atom stereocenters. The first kappa shape index (κ1) is 982. The van der Waals surface area contributed by atoms with Crippen LogP contribution < -0.4 is 23.5 Å². The molecule has 0 saturated heterocycles. The van der Waals surface area contributed by atoms with Crippen molar-refractivity contribution in [2.45, 2.75) is 0 Å². The normalized spacial score (nSPS) is 0. The van der Waals surface area contributed by atoms with E-state index in [1.165, 1.54) is 0 Å². The molecule has 13 heteroatoms. The maximum Gasteiger partial charge on any atom is 5.00 e. The fourth-order valence-corrected chi connectivity index (χ4v) is 0. The van der Waals surface area contributed by atoms with E-state index in [0.717, 1.165) is 0 Å². The molecular weight excluding hydrogens is 718 g/mol. The van der Waals surface area contributed by atoms with Gasteiger partial charge in [0.1, 0.15) is 0 Å². The van der Waals surface area contributed by atoms with Crippen LogP contribution in [0, 0.1) is 0 Å². The largest absolute Gasteiger partial charge is 5.00 e. The summed E-state index contributed by atoms with van der Waals surface area (Å²) < 4.78 is 0. The van der Waals surface area contributed by atoms with Crippen molar-refractivity contribution in [2.75, 3.05) is 0 Å². The van der Waals surface area contributed by atoms with Crippen molar-refractivity contribution in [3.05, 3.63) is 0 Å². The van der Waals surface area contributed by atoms with Crippen LogP contribution in [0.4, 0.5) is 0 Å².